The third-order valence-electron chi connectivity index (χ3n) is 5.71. The van der Waals surface area contributed by atoms with Gasteiger partial charge in [0.25, 0.3) is 5.56 Å². The number of aromatic amines is 2. The molecule has 0 fully saturated rings. The van der Waals surface area contributed by atoms with Crippen LogP contribution in [0.3, 0.4) is 0 Å². The highest BCUT2D eigenvalue weighted by molar-refractivity contribution is 5.86. The van der Waals surface area contributed by atoms with E-state index in [1.165, 1.54) is 18.3 Å². The smallest absolute Gasteiger partial charge is 0.261 e. The van der Waals surface area contributed by atoms with Gasteiger partial charge in [0.05, 0.1) is 35.7 Å². The molecule has 5 rings (SSSR count). The first kappa shape index (κ1) is 21.6. The van der Waals surface area contributed by atoms with Gasteiger partial charge in [-0.3, -0.25) is 4.79 Å². The van der Waals surface area contributed by atoms with Crippen LogP contribution in [-0.2, 0) is 6.42 Å². The zero-order valence-corrected chi connectivity index (χ0v) is 18.4. The first-order valence-electron chi connectivity index (χ1n) is 10.8. The molecule has 34 heavy (non-hydrogen) atoms. The molecule has 172 valence electrons. The van der Waals surface area contributed by atoms with Crippen molar-refractivity contribution >= 4 is 16.7 Å². The first-order chi connectivity index (χ1) is 16.5. The standard InChI is InChI=1S/C25H23FN6O2/c1-15-9-19(32-8-7-27-14-32)12-21-23(15)31-24(30-21)22-20(5-6-28-25(22)34)29-18(13-33)11-16-3-2-4-17(26)10-16/h2-10,12,14,18,33H,11,13H2,1H3,(H,30,31)(H2,28,29,34). The van der Waals surface area contributed by atoms with Crippen molar-refractivity contribution in [3.8, 4) is 17.1 Å². The Labute approximate surface area is 194 Å². The fourth-order valence-electron chi connectivity index (χ4n) is 4.11. The van der Waals surface area contributed by atoms with Gasteiger partial charge in [0.1, 0.15) is 17.2 Å². The van der Waals surface area contributed by atoms with Crippen molar-refractivity contribution in [3.63, 3.8) is 0 Å². The number of rotatable bonds is 7. The molecule has 9 heteroatoms. The molecule has 1 atom stereocenters. The molecule has 0 aliphatic rings. The van der Waals surface area contributed by atoms with Crippen LogP contribution in [0.1, 0.15) is 11.1 Å². The summed E-state index contributed by atoms with van der Waals surface area (Å²) >= 11 is 0. The molecule has 0 bridgehead atoms. The van der Waals surface area contributed by atoms with E-state index in [-0.39, 0.29) is 18.0 Å². The Morgan fingerprint density at radius 1 is 1.24 bits per heavy atom. The van der Waals surface area contributed by atoms with E-state index >= 15 is 0 Å². The van der Waals surface area contributed by atoms with Gasteiger partial charge in [0.15, 0.2) is 0 Å². The third-order valence-corrected chi connectivity index (χ3v) is 5.71. The summed E-state index contributed by atoms with van der Waals surface area (Å²) in [5.74, 6) is 0.0754. The maximum absolute atomic E-state index is 13.6. The summed E-state index contributed by atoms with van der Waals surface area (Å²) in [5, 5.41) is 13.2. The number of nitrogens with one attached hydrogen (secondary N) is 3. The van der Waals surface area contributed by atoms with Crippen molar-refractivity contribution in [2.24, 2.45) is 0 Å². The summed E-state index contributed by atoms with van der Waals surface area (Å²) in [7, 11) is 0. The monoisotopic (exact) mass is 458 g/mol. The molecule has 0 spiro atoms. The Morgan fingerprint density at radius 2 is 2.12 bits per heavy atom. The second-order valence-electron chi connectivity index (χ2n) is 8.17. The number of nitrogens with zero attached hydrogens (tertiary/aromatic N) is 3. The number of H-pyrrole nitrogens is 2. The number of halogens is 1. The van der Waals surface area contributed by atoms with Gasteiger partial charge in [-0.2, -0.15) is 0 Å². The summed E-state index contributed by atoms with van der Waals surface area (Å²) in [6.45, 7) is 1.76. The lowest BCUT2D eigenvalue weighted by Gasteiger charge is -2.19. The number of benzene rings is 2. The predicted octanol–water partition coefficient (Wildman–Crippen LogP) is 3.57. The molecule has 0 radical (unpaired) electrons. The van der Waals surface area contributed by atoms with Crippen LogP contribution in [0.4, 0.5) is 10.1 Å². The van der Waals surface area contributed by atoms with E-state index in [4.69, 9.17) is 4.98 Å². The molecular weight excluding hydrogens is 435 g/mol. The molecule has 2 aromatic carbocycles. The van der Waals surface area contributed by atoms with Gasteiger partial charge in [-0.05, 0) is 54.8 Å². The van der Waals surface area contributed by atoms with E-state index in [1.807, 2.05) is 29.8 Å². The lowest BCUT2D eigenvalue weighted by atomic mass is 10.1. The minimum atomic E-state index is -0.429. The van der Waals surface area contributed by atoms with Crippen molar-refractivity contribution in [2.75, 3.05) is 11.9 Å². The van der Waals surface area contributed by atoms with Crippen molar-refractivity contribution in [1.82, 2.24) is 24.5 Å². The molecule has 0 saturated carbocycles. The number of anilines is 1. The number of aryl methyl sites for hydroxylation is 1. The van der Waals surface area contributed by atoms with Crippen LogP contribution in [-0.4, -0.2) is 42.3 Å². The SMILES string of the molecule is Cc1cc(-n2ccnc2)cc2[nH]c(-c3c(NC(CO)Cc4cccc(F)c4)cc[nH]c3=O)nc12. The first-order valence-corrected chi connectivity index (χ1v) is 10.8. The molecule has 4 N–H and O–H groups in total. The number of hydrogen-bond acceptors (Lipinski definition) is 5. The van der Waals surface area contributed by atoms with E-state index < -0.39 is 6.04 Å². The van der Waals surface area contributed by atoms with Crippen LogP contribution < -0.4 is 10.9 Å². The highest BCUT2D eigenvalue weighted by Gasteiger charge is 2.18. The Bertz CT molecular complexity index is 1510. The van der Waals surface area contributed by atoms with Gasteiger partial charge in [-0.15, -0.1) is 0 Å². The maximum Gasteiger partial charge on any atom is 0.261 e. The summed E-state index contributed by atoms with van der Waals surface area (Å²) in [4.78, 5) is 27.6. The minimum absolute atomic E-state index is 0.198. The fourth-order valence-corrected chi connectivity index (χ4v) is 4.11. The van der Waals surface area contributed by atoms with Crippen LogP contribution in [0.25, 0.3) is 28.1 Å². The zero-order valence-electron chi connectivity index (χ0n) is 18.4. The average molecular weight is 458 g/mol. The van der Waals surface area contributed by atoms with Gasteiger partial charge in [0, 0.05) is 24.3 Å². The normalized spacial score (nSPS) is 12.2. The molecule has 0 saturated heterocycles. The van der Waals surface area contributed by atoms with Crippen molar-refractivity contribution in [1.29, 1.82) is 0 Å². The third kappa shape index (κ3) is 4.20. The van der Waals surface area contributed by atoms with E-state index in [0.29, 0.717) is 23.5 Å². The predicted molar refractivity (Wildman–Crippen MR) is 129 cm³/mol. The summed E-state index contributed by atoms with van der Waals surface area (Å²) < 4.78 is 15.5. The van der Waals surface area contributed by atoms with Gasteiger partial charge in [0.2, 0.25) is 0 Å². The molecule has 3 heterocycles. The van der Waals surface area contributed by atoms with Crippen LogP contribution in [0, 0.1) is 12.7 Å². The van der Waals surface area contributed by atoms with Crippen LogP contribution in [0.15, 0.2) is 72.2 Å². The lowest BCUT2D eigenvalue weighted by molar-refractivity contribution is 0.273. The van der Waals surface area contributed by atoms with Crippen LogP contribution in [0.2, 0.25) is 0 Å². The molecular formula is C25H23FN6O2. The molecule has 1 unspecified atom stereocenters. The second-order valence-corrected chi connectivity index (χ2v) is 8.17. The highest BCUT2D eigenvalue weighted by Crippen LogP contribution is 2.28. The highest BCUT2D eigenvalue weighted by atomic mass is 19.1. The van der Waals surface area contributed by atoms with Gasteiger partial charge in [-0.25, -0.2) is 14.4 Å². The Balaban J connectivity index is 1.52. The number of aliphatic hydroxyl groups excluding tert-OH is 1. The summed E-state index contributed by atoms with van der Waals surface area (Å²) in [6, 6.07) is 11.5. The number of hydrogen-bond donors (Lipinski definition) is 4. The van der Waals surface area contributed by atoms with E-state index in [0.717, 1.165) is 27.8 Å². The van der Waals surface area contributed by atoms with Crippen LogP contribution in [0.5, 0.6) is 0 Å². The van der Waals surface area contributed by atoms with Crippen molar-refractivity contribution in [2.45, 2.75) is 19.4 Å². The molecule has 0 amide bonds. The van der Waals surface area contributed by atoms with Crippen molar-refractivity contribution in [3.05, 3.63) is 94.7 Å². The number of pyridine rings is 1. The summed E-state index contributed by atoms with van der Waals surface area (Å²) in [6.07, 6.45) is 7.20. The van der Waals surface area contributed by atoms with E-state index in [9.17, 15) is 14.3 Å². The molecule has 0 aliphatic carbocycles. The molecule has 0 aliphatic heterocycles. The average Bonchev–Trinajstić information content (AvgIpc) is 3.49. The topological polar surface area (TPSA) is 112 Å². The van der Waals surface area contributed by atoms with Gasteiger partial charge in [-0.1, -0.05) is 12.1 Å². The molecule has 3 aromatic heterocycles. The number of fused-ring (bicyclic) bond motifs is 1. The van der Waals surface area contributed by atoms with Crippen molar-refractivity contribution < 1.29 is 9.50 Å². The Kier molecular flexibility index (Phi) is 5.69. The number of imidazole rings is 2. The molecule has 8 nitrogen and oxygen atoms in total. The van der Waals surface area contributed by atoms with E-state index in [2.05, 4.69) is 20.3 Å². The van der Waals surface area contributed by atoms with Crippen LogP contribution >= 0.6 is 0 Å². The van der Waals surface area contributed by atoms with E-state index in [1.54, 1.807) is 30.7 Å². The molecule has 5 aromatic rings. The van der Waals surface area contributed by atoms with Gasteiger partial charge < -0.3 is 25.0 Å². The Morgan fingerprint density at radius 3 is 2.88 bits per heavy atom. The number of aromatic nitrogens is 5. The fraction of sp³-hybridized carbons (Fsp3) is 0.160. The summed E-state index contributed by atoms with van der Waals surface area (Å²) in [5.41, 5.74) is 4.69. The zero-order chi connectivity index (χ0) is 23.7. The second kappa shape index (κ2) is 8.95. The largest absolute Gasteiger partial charge is 0.394 e. The lowest BCUT2D eigenvalue weighted by Crippen LogP contribution is -2.28. The number of aliphatic hydroxyl groups is 1. The Hall–Kier alpha value is -4.24. The maximum atomic E-state index is 13.6. The van der Waals surface area contributed by atoms with Gasteiger partial charge >= 0.3 is 0 Å². The minimum Gasteiger partial charge on any atom is -0.394 e. The quantitative estimate of drug-likeness (QED) is 0.298.